The summed E-state index contributed by atoms with van der Waals surface area (Å²) in [5.74, 6) is -4.25. The molecule has 0 radical (unpaired) electrons. The molecule has 0 aromatic heterocycles. The summed E-state index contributed by atoms with van der Waals surface area (Å²) in [6.45, 7) is 5.90. The number of phenols is 1. The van der Waals surface area contributed by atoms with Crippen LogP contribution in [-0.2, 0) is 25.6 Å². The van der Waals surface area contributed by atoms with E-state index in [9.17, 15) is 39.6 Å². The quantitative estimate of drug-likeness (QED) is 0.161. The van der Waals surface area contributed by atoms with Crippen molar-refractivity contribution in [1.29, 1.82) is 0 Å². The van der Waals surface area contributed by atoms with Crippen LogP contribution in [-0.4, -0.2) is 80.5 Å². The number of aliphatic hydroxyl groups is 2. The molecule has 0 aliphatic carbocycles. The Hall–Kier alpha value is -3.22. The summed E-state index contributed by atoms with van der Waals surface area (Å²) >= 11 is 0. The predicted octanol–water partition coefficient (Wildman–Crippen LogP) is -1.39. The Morgan fingerprint density at radius 3 is 1.74 bits per heavy atom. The maximum atomic E-state index is 12.9. The van der Waals surface area contributed by atoms with Crippen molar-refractivity contribution < 1.29 is 39.6 Å². The molecule has 1 aromatic rings. The lowest BCUT2D eigenvalue weighted by atomic mass is 9.96. The first-order valence-electron chi connectivity index (χ1n) is 11.3. The maximum Gasteiger partial charge on any atom is 0.328 e. The Balaban J connectivity index is 2.95. The first kappa shape index (κ1) is 29.8. The van der Waals surface area contributed by atoms with Crippen LogP contribution in [0.4, 0.5) is 0 Å². The van der Waals surface area contributed by atoms with Crippen molar-refractivity contribution in [2.24, 2.45) is 11.7 Å². The molecule has 0 saturated heterocycles. The van der Waals surface area contributed by atoms with Crippen LogP contribution in [0.1, 0.15) is 39.7 Å². The third kappa shape index (κ3) is 9.15. The molecule has 7 atom stereocenters. The highest BCUT2D eigenvalue weighted by atomic mass is 16.4. The highest BCUT2D eigenvalue weighted by molar-refractivity contribution is 5.94. The molecule has 0 spiro atoms. The lowest BCUT2D eigenvalue weighted by molar-refractivity contribution is -0.145. The molecule has 12 heteroatoms. The number of nitrogens with one attached hydrogen (secondary N) is 3. The SMILES string of the molecule is CCC(C)C(NC(=O)C(NC(=O)C(N)Cc1ccc(O)cc1)C(C)O)C(=O)NC(C(=O)O)C(C)O. The molecule has 35 heavy (non-hydrogen) atoms. The zero-order chi connectivity index (χ0) is 26.9. The molecule has 196 valence electrons. The van der Waals surface area contributed by atoms with E-state index in [0.29, 0.717) is 12.0 Å². The number of aromatic hydroxyl groups is 1. The minimum Gasteiger partial charge on any atom is -0.508 e. The standard InChI is InChI=1S/C23H36N4O8/c1-5-11(2)17(21(32)27-19(13(4)29)23(34)35)25-22(33)18(12(3)28)26-20(31)16(24)10-14-6-8-15(30)9-7-14/h6-9,11-13,16-19,28-30H,5,10,24H2,1-4H3,(H,25,33)(H,26,31)(H,27,32)(H,34,35). The van der Waals surface area contributed by atoms with Crippen molar-refractivity contribution in [1.82, 2.24) is 16.0 Å². The van der Waals surface area contributed by atoms with Crippen molar-refractivity contribution in [2.75, 3.05) is 0 Å². The number of phenolic OH excluding ortho intramolecular Hbond substituents is 1. The zero-order valence-corrected chi connectivity index (χ0v) is 20.3. The second-order valence-corrected chi connectivity index (χ2v) is 8.64. The van der Waals surface area contributed by atoms with E-state index in [0.717, 1.165) is 0 Å². The van der Waals surface area contributed by atoms with Gasteiger partial charge in [0.1, 0.15) is 17.8 Å². The Labute approximate surface area is 203 Å². The van der Waals surface area contributed by atoms with E-state index in [1.165, 1.54) is 26.0 Å². The smallest absolute Gasteiger partial charge is 0.328 e. The molecule has 7 unspecified atom stereocenters. The number of nitrogens with two attached hydrogens (primary N) is 1. The Morgan fingerprint density at radius 1 is 0.829 bits per heavy atom. The molecule has 0 saturated carbocycles. The molecule has 0 fully saturated rings. The fraction of sp³-hybridized carbons (Fsp3) is 0.565. The summed E-state index contributed by atoms with van der Waals surface area (Å²) in [4.78, 5) is 49.6. The van der Waals surface area contributed by atoms with E-state index in [4.69, 9.17) is 5.73 Å². The summed E-state index contributed by atoms with van der Waals surface area (Å²) in [6, 6.07) is 0.775. The summed E-state index contributed by atoms with van der Waals surface area (Å²) in [6.07, 6.45) is -2.18. The molecule has 9 N–H and O–H groups in total. The van der Waals surface area contributed by atoms with Gasteiger partial charge in [0.25, 0.3) is 0 Å². The van der Waals surface area contributed by atoms with Gasteiger partial charge in [-0.3, -0.25) is 14.4 Å². The van der Waals surface area contributed by atoms with E-state index in [2.05, 4.69) is 16.0 Å². The normalized spacial score (nSPS) is 17.1. The number of benzene rings is 1. The third-order valence-corrected chi connectivity index (χ3v) is 5.63. The third-order valence-electron chi connectivity index (χ3n) is 5.63. The van der Waals surface area contributed by atoms with E-state index in [1.54, 1.807) is 26.0 Å². The van der Waals surface area contributed by atoms with Gasteiger partial charge in [0.05, 0.1) is 18.2 Å². The van der Waals surface area contributed by atoms with Gasteiger partial charge in [0.15, 0.2) is 6.04 Å². The fourth-order valence-corrected chi connectivity index (χ4v) is 3.22. The van der Waals surface area contributed by atoms with Gasteiger partial charge >= 0.3 is 5.97 Å². The largest absolute Gasteiger partial charge is 0.508 e. The predicted molar refractivity (Wildman–Crippen MR) is 126 cm³/mol. The van der Waals surface area contributed by atoms with Crippen LogP contribution in [0.15, 0.2) is 24.3 Å². The number of rotatable bonds is 13. The molecule has 12 nitrogen and oxygen atoms in total. The Kier molecular flexibility index (Phi) is 11.6. The van der Waals surface area contributed by atoms with Crippen molar-refractivity contribution in [2.45, 2.75) is 76.9 Å². The number of hydrogen-bond acceptors (Lipinski definition) is 8. The minimum atomic E-state index is -1.59. The molecule has 1 rings (SSSR count). The number of aliphatic hydroxyl groups excluding tert-OH is 2. The van der Waals surface area contributed by atoms with Crippen molar-refractivity contribution in [3.05, 3.63) is 29.8 Å². The molecule has 1 aromatic carbocycles. The first-order chi connectivity index (χ1) is 16.3. The molecule has 0 aliphatic heterocycles. The van der Waals surface area contributed by atoms with Crippen LogP contribution < -0.4 is 21.7 Å². The van der Waals surface area contributed by atoms with Crippen LogP contribution in [0, 0.1) is 5.92 Å². The van der Waals surface area contributed by atoms with Gasteiger partial charge in [-0.05, 0) is 43.9 Å². The Morgan fingerprint density at radius 2 is 1.29 bits per heavy atom. The molecule has 0 aliphatic rings. The van der Waals surface area contributed by atoms with Gasteiger partial charge in [0, 0.05) is 0 Å². The average Bonchev–Trinajstić information content (AvgIpc) is 2.78. The zero-order valence-electron chi connectivity index (χ0n) is 20.3. The van der Waals surface area contributed by atoms with Crippen LogP contribution in [0.25, 0.3) is 0 Å². The summed E-state index contributed by atoms with van der Waals surface area (Å²) in [7, 11) is 0. The van der Waals surface area contributed by atoms with Gasteiger partial charge in [0.2, 0.25) is 17.7 Å². The van der Waals surface area contributed by atoms with E-state index in [-0.39, 0.29) is 12.2 Å². The second-order valence-electron chi connectivity index (χ2n) is 8.64. The van der Waals surface area contributed by atoms with Crippen LogP contribution in [0.5, 0.6) is 5.75 Å². The summed E-state index contributed by atoms with van der Waals surface area (Å²) in [5, 5.41) is 45.4. The number of carboxylic acids is 1. The monoisotopic (exact) mass is 496 g/mol. The number of carbonyl (C=O) groups excluding carboxylic acids is 3. The number of carboxylic acid groups (broad SMARTS) is 1. The van der Waals surface area contributed by atoms with Gasteiger partial charge in [-0.15, -0.1) is 0 Å². The molecular formula is C23H36N4O8. The van der Waals surface area contributed by atoms with E-state index in [1.807, 2.05) is 0 Å². The van der Waals surface area contributed by atoms with Crippen molar-refractivity contribution in [3.8, 4) is 5.75 Å². The number of aliphatic carboxylic acids is 1. The average molecular weight is 497 g/mol. The Bertz CT molecular complexity index is 875. The van der Waals surface area contributed by atoms with Crippen molar-refractivity contribution >= 4 is 23.7 Å². The van der Waals surface area contributed by atoms with Gasteiger partial charge in [-0.2, -0.15) is 0 Å². The molecule has 3 amide bonds. The second kappa shape index (κ2) is 13.6. The number of hydrogen-bond donors (Lipinski definition) is 8. The van der Waals surface area contributed by atoms with Crippen LogP contribution in [0.2, 0.25) is 0 Å². The number of amides is 3. The molecular weight excluding hydrogens is 460 g/mol. The van der Waals surface area contributed by atoms with E-state index >= 15 is 0 Å². The van der Waals surface area contributed by atoms with Crippen molar-refractivity contribution in [3.63, 3.8) is 0 Å². The van der Waals surface area contributed by atoms with Gasteiger partial charge in [-0.1, -0.05) is 32.4 Å². The molecule has 0 bridgehead atoms. The highest BCUT2D eigenvalue weighted by Crippen LogP contribution is 2.12. The van der Waals surface area contributed by atoms with Crippen LogP contribution in [0.3, 0.4) is 0 Å². The first-order valence-corrected chi connectivity index (χ1v) is 11.3. The topological polar surface area (TPSA) is 211 Å². The lowest BCUT2D eigenvalue weighted by Gasteiger charge is -2.29. The van der Waals surface area contributed by atoms with Gasteiger partial charge < -0.3 is 42.1 Å². The summed E-state index contributed by atoms with van der Waals surface area (Å²) < 4.78 is 0. The minimum absolute atomic E-state index is 0.0561. The van der Waals surface area contributed by atoms with E-state index < -0.39 is 66.0 Å². The van der Waals surface area contributed by atoms with Crippen LogP contribution >= 0.6 is 0 Å². The van der Waals surface area contributed by atoms with Gasteiger partial charge in [-0.25, -0.2) is 4.79 Å². The number of carbonyl (C=O) groups is 4. The summed E-state index contributed by atoms with van der Waals surface area (Å²) in [5.41, 5.74) is 6.60. The fourth-order valence-electron chi connectivity index (χ4n) is 3.22. The maximum absolute atomic E-state index is 12.9. The molecule has 0 heterocycles. The highest BCUT2D eigenvalue weighted by Gasteiger charge is 2.35. The lowest BCUT2D eigenvalue weighted by Crippen LogP contribution is -2.61.